The zero-order chi connectivity index (χ0) is 19.1. The van der Waals surface area contributed by atoms with Gasteiger partial charge in [0.05, 0.1) is 0 Å². The van der Waals surface area contributed by atoms with Crippen molar-refractivity contribution in [2.24, 2.45) is 5.92 Å². The molecule has 28 heavy (non-hydrogen) atoms. The van der Waals surface area contributed by atoms with E-state index >= 15 is 0 Å². The highest BCUT2D eigenvalue weighted by Crippen LogP contribution is 2.40. The monoisotopic (exact) mass is 391 g/mol. The van der Waals surface area contributed by atoms with Crippen LogP contribution in [0.1, 0.15) is 18.0 Å². The first-order chi connectivity index (χ1) is 13.7. The molecule has 1 aromatic carbocycles. The largest absolute Gasteiger partial charge is 0.324 e. The van der Waals surface area contributed by atoms with Crippen molar-refractivity contribution >= 4 is 23.1 Å². The van der Waals surface area contributed by atoms with E-state index in [0.29, 0.717) is 25.6 Å². The van der Waals surface area contributed by atoms with Crippen molar-refractivity contribution in [2.45, 2.75) is 18.9 Å². The smallest absolute Gasteiger partial charge is 0.321 e. The molecule has 0 saturated carbocycles. The predicted octanol–water partition coefficient (Wildman–Crippen LogP) is 4.23. The number of urea groups is 1. The predicted molar refractivity (Wildman–Crippen MR) is 112 cm³/mol. The summed E-state index contributed by atoms with van der Waals surface area (Å²) >= 11 is 1.69. The van der Waals surface area contributed by atoms with Crippen molar-refractivity contribution in [3.8, 4) is 10.4 Å². The van der Waals surface area contributed by atoms with Crippen molar-refractivity contribution in [1.82, 2.24) is 9.47 Å². The van der Waals surface area contributed by atoms with Gasteiger partial charge in [-0.15, -0.1) is 11.3 Å². The first kappa shape index (κ1) is 17.3. The molecular weight excluding hydrogens is 370 g/mol. The van der Waals surface area contributed by atoms with Crippen molar-refractivity contribution in [1.29, 1.82) is 0 Å². The van der Waals surface area contributed by atoms with E-state index in [0.717, 1.165) is 23.4 Å². The van der Waals surface area contributed by atoms with Gasteiger partial charge in [-0.25, -0.2) is 4.79 Å². The summed E-state index contributed by atoms with van der Waals surface area (Å²) in [6.45, 7) is 2.00. The zero-order valence-corrected chi connectivity index (χ0v) is 16.2. The van der Waals surface area contributed by atoms with Gasteiger partial charge in [-0.3, -0.25) is 4.79 Å². The van der Waals surface area contributed by atoms with Crippen LogP contribution in [0.15, 0.2) is 64.8 Å². The van der Waals surface area contributed by atoms with Gasteiger partial charge in [0.25, 0.3) is 5.56 Å². The molecular formula is C22H21N3O2S. The Morgan fingerprint density at radius 2 is 1.86 bits per heavy atom. The first-order valence-electron chi connectivity index (χ1n) is 9.57. The third-order valence-electron chi connectivity index (χ3n) is 5.69. The van der Waals surface area contributed by atoms with Crippen LogP contribution < -0.4 is 10.9 Å². The standard InChI is InChI=1S/C22H21N3O2S/c26-20-9-8-18(19-7-4-10-28-19)21-16-11-15(13-25(20)21)12-24(14-16)22(27)23-17-5-2-1-3-6-17/h1-10,15-16H,11-14H2,(H,23,27). The molecule has 6 heteroatoms. The lowest BCUT2D eigenvalue weighted by Crippen LogP contribution is -2.50. The van der Waals surface area contributed by atoms with E-state index in [4.69, 9.17) is 0 Å². The summed E-state index contributed by atoms with van der Waals surface area (Å²) in [5.41, 5.74) is 3.08. The minimum Gasteiger partial charge on any atom is -0.324 e. The molecule has 142 valence electrons. The number of fused-ring (bicyclic) bond motifs is 4. The number of aromatic nitrogens is 1. The van der Waals surface area contributed by atoms with Crippen LogP contribution in [-0.4, -0.2) is 28.6 Å². The van der Waals surface area contributed by atoms with Crippen molar-refractivity contribution < 1.29 is 4.79 Å². The van der Waals surface area contributed by atoms with Gasteiger partial charge in [-0.05, 0) is 42.0 Å². The molecule has 0 radical (unpaired) electrons. The molecule has 1 saturated heterocycles. The molecule has 1 fully saturated rings. The number of para-hydroxylation sites is 1. The molecule has 3 aromatic rings. The van der Waals surface area contributed by atoms with E-state index in [9.17, 15) is 9.59 Å². The van der Waals surface area contributed by atoms with Gasteiger partial charge in [0.2, 0.25) is 0 Å². The number of anilines is 1. The third kappa shape index (κ3) is 3.03. The summed E-state index contributed by atoms with van der Waals surface area (Å²) in [6.07, 6.45) is 1.02. The Morgan fingerprint density at radius 1 is 1.00 bits per heavy atom. The maximum Gasteiger partial charge on any atom is 0.321 e. The summed E-state index contributed by atoms with van der Waals surface area (Å²) in [5, 5.41) is 5.06. The number of pyridine rings is 1. The van der Waals surface area contributed by atoms with Crippen LogP contribution in [0.2, 0.25) is 0 Å². The third-order valence-corrected chi connectivity index (χ3v) is 6.59. The summed E-state index contributed by atoms with van der Waals surface area (Å²) in [4.78, 5) is 28.5. The summed E-state index contributed by atoms with van der Waals surface area (Å²) in [5.74, 6) is 0.490. The van der Waals surface area contributed by atoms with Crippen LogP contribution >= 0.6 is 11.3 Å². The second kappa shape index (κ2) is 6.95. The van der Waals surface area contributed by atoms with Gasteiger partial charge in [0.15, 0.2) is 0 Å². The fraction of sp³-hybridized carbons (Fsp3) is 0.273. The number of rotatable bonds is 2. The van der Waals surface area contributed by atoms with Crippen molar-refractivity contribution in [3.05, 3.63) is 76.0 Å². The number of benzene rings is 1. The average Bonchev–Trinajstić information content (AvgIpc) is 3.24. The van der Waals surface area contributed by atoms with Gasteiger partial charge in [0.1, 0.15) is 0 Å². The summed E-state index contributed by atoms with van der Waals surface area (Å²) < 4.78 is 1.94. The van der Waals surface area contributed by atoms with Gasteiger partial charge in [-0.1, -0.05) is 24.3 Å². The quantitative estimate of drug-likeness (QED) is 0.711. The Morgan fingerprint density at radius 3 is 2.64 bits per heavy atom. The number of piperidine rings is 1. The maximum absolute atomic E-state index is 12.8. The Balaban J connectivity index is 1.47. The molecule has 2 bridgehead atoms. The number of hydrogen-bond donors (Lipinski definition) is 1. The van der Waals surface area contributed by atoms with Crippen molar-refractivity contribution in [3.63, 3.8) is 0 Å². The Kier molecular flexibility index (Phi) is 4.28. The number of carbonyl (C=O) groups excluding carboxylic acids is 1. The molecule has 2 unspecified atom stereocenters. The Labute approximate surface area is 167 Å². The van der Waals surface area contributed by atoms with Gasteiger partial charge >= 0.3 is 6.03 Å². The van der Waals surface area contributed by atoms with Crippen LogP contribution in [-0.2, 0) is 6.54 Å². The van der Waals surface area contributed by atoms with Gasteiger partial charge in [0, 0.05) is 53.4 Å². The van der Waals surface area contributed by atoms with Crippen LogP contribution in [0.3, 0.4) is 0 Å². The number of carbonyl (C=O) groups is 1. The highest BCUT2D eigenvalue weighted by molar-refractivity contribution is 7.13. The minimum atomic E-state index is -0.0645. The van der Waals surface area contributed by atoms with Crippen molar-refractivity contribution in [2.75, 3.05) is 18.4 Å². The van der Waals surface area contributed by atoms with E-state index in [2.05, 4.69) is 16.8 Å². The fourth-order valence-electron chi connectivity index (χ4n) is 4.54. The highest BCUT2D eigenvalue weighted by atomic mass is 32.1. The molecule has 2 amide bonds. The maximum atomic E-state index is 12.8. The number of nitrogens with zero attached hydrogens (tertiary/aromatic N) is 2. The van der Waals surface area contributed by atoms with Crippen LogP contribution in [0.5, 0.6) is 0 Å². The lowest BCUT2D eigenvalue weighted by atomic mass is 9.81. The average molecular weight is 391 g/mol. The molecule has 2 atom stereocenters. The highest BCUT2D eigenvalue weighted by Gasteiger charge is 2.38. The van der Waals surface area contributed by atoms with E-state index in [1.807, 2.05) is 51.9 Å². The molecule has 4 heterocycles. The second-order valence-electron chi connectivity index (χ2n) is 7.56. The number of nitrogens with one attached hydrogen (secondary N) is 1. The van der Waals surface area contributed by atoms with Gasteiger partial charge < -0.3 is 14.8 Å². The zero-order valence-electron chi connectivity index (χ0n) is 15.4. The SMILES string of the molecule is O=C(Nc1ccccc1)N1CC2CC(C1)c1c(-c3cccs3)ccc(=O)n1C2. The molecule has 1 N–H and O–H groups in total. The lowest BCUT2D eigenvalue weighted by Gasteiger charge is -2.43. The Bertz CT molecular complexity index is 1060. The van der Waals surface area contributed by atoms with Crippen LogP contribution in [0, 0.1) is 5.92 Å². The van der Waals surface area contributed by atoms with E-state index in [1.165, 1.54) is 4.88 Å². The topological polar surface area (TPSA) is 54.3 Å². The number of likely N-dealkylation sites (tertiary alicyclic amines) is 1. The van der Waals surface area contributed by atoms with Gasteiger partial charge in [-0.2, -0.15) is 0 Å². The summed E-state index contributed by atoms with van der Waals surface area (Å²) in [7, 11) is 0. The minimum absolute atomic E-state index is 0.0622. The van der Waals surface area contributed by atoms with Crippen LogP contribution in [0.25, 0.3) is 10.4 Å². The Hall–Kier alpha value is -2.86. The molecule has 0 spiro atoms. The molecule has 5 nitrogen and oxygen atoms in total. The van der Waals surface area contributed by atoms with Crippen LogP contribution in [0.4, 0.5) is 10.5 Å². The fourth-order valence-corrected chi connectivity index (χ4v) is 5.31. The first-order valence-corrected chi connectivity index (χ1v) is 10.5. The van der Waals surface area contributed by atoms with E-state index < -0.39 is 0 Å². The molecule has 5 rings (SSSR count). The van der Waals surface area contributed by atoms with E-state index in [1.54, 1.807) is 17.4 Å². The number of thiophene rings is 1. The molecule has 2 aliphatic rings. The lowest BCUT2D eigenvalue weighted by molar-refractivity contribution is 0.140. The number of amides is 2. The molecule has 2 aromatic heterocycles. The molecule has 0 aliphatic carbocycles. The summed E-state index contributed by atoms with van der Waals surface area (Å²) in [6, 6.07) is 17.2. The molecule has 2 aliphatic heterocycles. The normalized spacial score (nSPS) is 20.5. The second-order valence-corrected chi connectivity index (χ2v) is 8.51. The number of hydrogen-bond acceptors (Lipinski definition) is 3. The van der Waals surface area contributed by atoms with E-state index in [-0.39, 0.29) is 17.5 Å².